The molecule has 1 aromatic heterocycles. The van der Waals surface area contributed by atoms with E-state index < -0.39 is 0 Å². The summed E-state index contributed by atoms with van der Waals surface area (Å²) in [5, 5.41) is 3.46. The predicted octanol–water partition coefficient (Wildman–Crippen LogP) is 2.99. The van der Waals surface area contributed by atoms with E-state index in [-0.39, 0.29) is 11.8 Å². The zero-order valence-electron chi connectivity index (χ0n) is 8.31. The highest BCUT2D eigenvalue weighted by Crippen LogP contribution is 2.29. The van der Waals surface area contributed by atoms with Gasteiger partial charge in [-0.3, -0.25) is 4.79 Å². The number of hydrogen-bond acceptors (Lipinski definition) is 3. The van der Waals surface area contributed by atoms with Gasteiger partial charge in [-0.1, -0.05) is 30.3 Å². The fraction of sp³-hybridized carbons (Fsp3) is 0.0909. The fourth-order valence-corrected chi connectivity index (χ4v) is 2.08. The number of carbonyl (C=O) groups excluding carboxylic acids is 1. The summed E-state index contributed by atoms with van der Waals surface area (Å²) >= 11 is 6.83. The Morgan fingerprint density at radius 1 is 1.38 bits per heavy atom. The lowest BCUT2D eigenvalue weighted by Crippen LogP contribution is -2.12. The van der Waals surface area contributed by atoms with E-state index >= 15 is 0 Å². The normalized spacial score (nSPS) is 10.1. The maximum atomic E-state index is 11.2. The topological polar surface area (TPSA) is 42.0 Å². The molecule has 0 saturated heterocycles. The highest BCUT2D eigenvalue weighted by atomic mass is 35.5. The van der Waals surface area contributed by atoms with Gasteiger partial charge in [-0.05, 0) is 0 Å². The van der Waals surface area contributed by atoms with Crippen molar-refractivity contribution < 1.29 is 4.79 Å². The second-order valence-electron chi connectivity index (χ2n) is 3.08. The number of carbonyl (C=O) groups is 1. The van der Waals surface area contributed by atoms with E-state index in [1.54, 1.807) is 5.51 Å². The third-order valence-corrected chi connectivity index (χ3v) is 2.97. The Hall–Kier alpha value is -1.39. The molecule has 0 spiro atoms. The van der Waals surface area contributed by atoms with Crippen molar-refractivity contribution in [3.63, 3.8) is 0 Å². The summed E-state index contributed by atoms with van der Waals surface area (Å²) in [6.45, 7) is 0. The third kappa shape index (κ3) is 2.40. The number of nitrogens with one attached hydrogen (secondary N) is 1. The summed E-state index contributed by atoms with van der Waals surface area (Å²) in [4.78, 5) is 15.4. The second kappa shape index (κ2) is 5.09. The van der Waals surface area contributed by atoms with Gasteiger partial charge >= 0.3 is 0 Å². The van der Waals surface area contributed by atoms with E-state index in [9.17, 15) is 4.79 Å². The lowest BCUT2D eigenvalue weighted by atomic mass is 10.2. The van der Waals surface area contributed by atoms with Crippen LogP contribution in [0.15, 0.2) is 35.8 Å². The van der Waals surface area contributed by atoms with E-state index in [0.717, 1.165) is 16.3 Å². The molecule has 3 nitrogen and oxygen atoms in total. The summed E-state index contributed by atoms with van der Waals surface area (Å²) in [6.07, 6.45) is 0. The van der Waals surface area contributed by atoms with Gasteiger partial charge in [0.25, 0.3) is 0 Å². The summed E-state index contributed by atoms with van der Waals surface area (Å²) in [5.74, 6) is -0.269. The first-order valence-electron chi connectivity index (χ1n) is 4.66. The number of hydrogen-bond donors (Lipinski definition) is 1. The average Bonchev–Trinajstić information content (AvgIpc) is 2.78. The fourth-order valence-electron chi connectivity index (χ4n) is 1.30. The van der Waals surface area contributed by atoms with Crippen LogP contribution >= 0.6 is 22.9 Å². The van der Waals surface area contributed by atoms with Crippen molar-refractivity contribution in [1.29, 1.82) is 0 Å². The van der Waals surface area contributed by atoms with Gasteiger partial charge in [0.15, 0.2) is 0 Å². The molecule has 0 fully saturated rings. The Balaban J connectivity index is 2.29. The molecule has 16 heavy (non-hydrogen) atoms. The Labute approximate surface area is 102 Å². The molecule has 2 aromatic rings. The number of alkyl halides is 1. The van der Waals surface area contributed by atoms with Gasteiger partial charge in [0.1, 0.15) is 16.6 Å². The van der Waals surface area contributed by atoms with E-state index in [2.05, 4.69) is 10.3 Å². The van der Waals surface area contributed by atoms with E-state index in [4.69, 9.17) is 11.6 Å². The van der Waals surface area contributed by atoms with E-state index in [1.807, 2.05) is 30.3 Å². The second-order valence-corrected chi connectivity index (χ2v) is 4.20. The molecule has 5 heteroatoms. The molecule has 1 amide bonds. The number of aromatic nitrogens is 1. The molecule has 0 bridgehead atoms. The van der Waals surface area contributed by atoms with Gasteiger partial charge in [0.2, 0.25) is 5.91 Å². The molecular formula is C11H9ClN2OS. The van der Waals surface area contributed by atoms with Crippen molar-refractivity contribution in [2.75, 3.05) is 11.2 Å². The van der Waals surface area contributed by atoms with Crippen LogP contribution in [-0.2, 0) is 4.79 Å². The molecule has 0 aliphatic rings. The average molecular weight is 253 g/mol. The maximum absolute atomic E-state index is 11.2. The monoisotopic (exact) mass is 252 g/mol. The van der Waals surface area contributed by atoms with Crippen LogP contribution in [0, 0.1) is 0 Å². The zero-order chi connectivity index (χ0) is 11.4. The van der Waals surface area contributed by atoms with Gasteiger partial charge < -0.3 is 5.32 Å². The highest BCUT2D eigenvalue weighted by Gasteiger charge is 2.10. The number of thiazole rings is 1. The van der Waals surface area contributed by atoms with Crippen molar-refractivity contribution in [3.8, 4) is 11.3 Å². The van der Waals surface area contributed by atoms with Crippen molar-refractivity contribution >= 4 is 33.8 Å². The molecule has 82 valence electrons. The molecule has 0 aliphatic carbocycles. The Kier molecular flexibility index (Phi) is 3.54. The molecule has 1 aromatic carbocycles. The van der Waals surface area contributed by atoms with Crippen LogP contribution in [0.25, 0.3) is 11.3 Å². The van der Waals surface area contributed by atoms with Crippen LogP contribution in [0.2, 0.25) is 0 Å². The first-order valence-corrected chi connectivity index (χ1v) is 6.07. The Morgan fingerprint density at radius 2 is 2.12 bits per heavy atom. The Morgan fingerprint density at radius 3 is 2.81 bits per heavy atom. The minimum atomic E-state index is -0.219. The summed E-state index contributed by atoms with van der Waals surface area (Å²) in [5.41, 5.74) is 3.46. The van der Waals surface area contributed by atoms with Crippen molar-refractivity contribution in [3.05, 3.63) is 35.8 Å². The van der Waals surface area contributed by atoms with Crippen LogP contribution in [0.3, 0.4) is 0 Å². The number of halogens is 1. The van der Waals surface area contributed by atoms with Gasteiger partial charge in [-0.15, -0.1) is 22.9 Å². The van der Waals surface area contributed by atoms with Gasteiger partial charge in [0.05, 0.1) is 5.51 Å². The molecule has 1 N–H and O–H groups in total. The number of anilines is 1. The van der Waals surface area contributed by atoms with Gasteiger partial charge in [0, 0.05) is 5.56 Å². The first kappa shape index (κ1) is 11.1. The largest absolute Gasteiger partial charge is 0.315 e. The third-order valence-electron chi connectivity index (χ3n) is 1.99. The minimum absolute atomic E-state index is 0.0495. The quantitative estimate of drug-likeness (QED) is 0.854. The van der Waals surface area contributed by atoms with Crippen molar-refractivity contribution in [2.24, 2.45) is 0 Å². The molecule has 0 aliphatic heterocycles. The molecule has 0 unspecified atom stereocenters. The van der Waals surface area contributed by atoms with Crippen LogP contribution in [-0.4, -0.2) is 16.8 Å². The standard InChI is InChI=1S/C11H9ClN2OS/c12-6-9(15)14-11-10(13-7-16-11)8-4-2-1-3-5-8/h1-5,7H,6H2,(H,14,15). The summed E-state index contributed by atoms with van der Waals surface area (Å²) in [6, 6.07) is 9.70. The first-order chi connectivity index (χ1) is 7.81. The maximum Gasteiger partial charge on any atom is 0.239 e. The lowest BCUT2D eigenvalue weighted by molar-refractivity contribution is -0.113. The van der Waals surface area contributed by atoms with E-state index in [0.29, 0.717) is 0 Å². The Bertz CT molecular complexity index is 484. The van der Waals surface area contributed by atoms with Crippen molar-refractivity contribution in [1.82, 2.24) is 4.98 Å². The molecule has 0 radical (unpaired) electrons. The predicted molar refractivity (Wildman–Crippen MR) is 66.9 cm³/mol. The molecule has 1 heterocycles. The smallest absolute Gasteiger partial charge is 0.239 e. The van der Waals surface area contributed by atoms with Gasteiger partial charge in [-0.2, -0.15) is 0 Å². The van der Waals surface area contributed by atoms with Crippen LogP contribution in [0.4, 0.5) is 5.00 Å². The van der Waals surface area contributed by atoms with Crippen molar-refractivity contribution in [2.45, 2.75) is 0 Å². The SMILES string of the molecule is O=C(CCl)Nc1scnc1-c1ccccc1. The minimum Gasteiger partial charge on any atom is -0.315 e. The number of benzene rings is 1. The van der Waals surface area contributed by atoms with Gasteiger partial charge in [-0.25, -0.2) is 4.98 Å². The van der Waals surface area contributed by atoms with E-state index in [1.165, 1.54) is 11.3 Å². The summed E-state index contributed by atoms with van der Waals surface area (Å²) in [7, 11) is 0. The number of nitrogens with zero attached hydrogens (tertiary/aromatic N) is 1. The molecular weight excluding hydrogens is 244 g/mol. The zero-order valence-corrected chi connectivity index (χ0v) is 9.89. The number of rotatable bonds is 3. The van der Waals surface area contributed by atoms with Crippen LogP contribution < -0.4 is 5.32 Å². The summed E-state index contributed by atoms with van der Waals surface area (Å²) < 4.78 is 0. The lowest BCUT2D eigenvalue weighted by Gasteiger charge is -2.02. The van der Waals surface area contributed by atoms with Crippen LogP contribution in [0.5, 0.6) is 0 Å². The highest BCUT2D eigenvalue weighted by molar-refractivity contribution is 7.14. The number of amides is 1. The van der Waals surface area contributed by atoms with Crippen LogP contribution in [0.1, 0.15) is 0 Å². The molecule has 0 atom stereocenters. The molecule has 0 saturated carbocycles. The molecule has 2 rings (SSSR count).